The molecule has 0 saturated heterocycles. The Labute approximate surface area is 140 Å². The third-order valence-corrected chi connectivity index (χ3v) is 4.06. The standard InChI is InChI=1S/C18H20N4O2/c1-3-21(11-16(23)14-6-4-13(2)5-7-14)18(24)15-8-9-17-20-19-12-22(17)10-15/h4-10,12,16,23H,3,11H2,1-2H3. The molecule has 1 amide bonds. The molecule has 0 aliphatic carbocycles. The second-order valence-corrected chi connectivity index (χ2v) is 5.78. The van der Waals surface area contributed by atoms with E-state index in [4.69, 9.17) is 0 Å². The number of carbonyl (C=O) groups is 1. The van der Waals surface area contributed by atoms with Gasteiger partial charge in [-0.2, -0.15) is 0 Å². The van der Waals surface area contributed by atoms with Gasteiger partial charge in [0.15, 0.2) is 5.65 Å². The van der Waals surface area contributed by atoms with Crippen LogP contribution in [0.4, 0.5) is 0 Å². The van der Waals surface area contributed by atoms with Gasteiger partial charge in [0, 0.05) is 12.7 Å². The Hall–Kier alpha value is -2.73. The summed E-state index contributed by atoms with van der Waals surface area (Å²) >= 11 is 0. The number of nitrogens with zero attached hydrogens (tertiary/aromatic N) is 4. The van der Waals surface area contributed by atoms with Gasteiger partial charge in [-0.3, -0.25) is 9.20 Å². The number of pyridine rings is 1. The minimum atomic E-state index is -0.715. The van der Waals surface area contributed by atoms with Crippen molar-refractivity contribution in [3.05, 3.63) is 65.6 Å². The number of benzene rings is 1. The van der Waals surface area contributed by atoms with Crippen molar-refractivity contribution < 1.29 is 9.90 Å². The molecule has 0 aliphatic rings. The predicted molar refractivity (Wildman–Crippen MR) is 90.7 cm³/mol. The molecule has 1 N–H and O–H groups in total. The molecule has 0 saturated carbocycles. The van der Waals surface area contributed by atoms with Gasteiger partial charge < -0.3 is 10.0 Å². The lowest BCUT2D eigenvalue weighted by Gasteiger charge is -2.24. The van der Waals surface area contributed by atoms with E-state index in [1.54, 1.807) is 34.0 Å². The van der Waals surface area contributed by atoms with Crippen LogP contribution in [-0.4, -0.2) is 43.6 Å². The van der Waals surface area contributed by atoms with E-state index < -0.39 is 6.10 Å². The molecule has 0 bridgehead atoms. The molecule has 6 nitrogen and oxygen atoms in total. The highest BCUT2D eigenvalue weighted by molar-refractivity contribution is 5.94. The monoisotopic (exact) mass is 324 g/mol. The molecule has 2 heterocycles. The average Bonchev–Trinajstić information content (AvgIpc) is 3.07. The summed E-state index contributed by atoms with van der Waals surface area (Å²) in [6.45, 7) is 4.66. The fraction of sp³-hybridized carbons (Fsp3) is 0.278. The van der Waals surface area contributed by atoms with Crippen LogP contribution in [0, 0.1) is 6.92 Å². The van der Waals surface area contributed by atoms with Gasteiger partial charge in [0.2, 0.25) is 0 Å². The second kappa shape index (κ2) is 6.80. The average molecular weight is 324 g/mol. The molecule has 6 heteroatoms. The van der Waals surface area contributed by atoms with Crippen LogP contribution >= 0.6 is 0 Å². The summed E-state index contributed by atoms with van der Waals surface area (Å²) in [4.78, 5) is 14.4. The van der Waals surface area contributed by atoms with Gasteiger partial charge in [0.1, 0.15) is 6.33 Å². The zero-order chi connectivity index (χ0) is 17.1. The van der Waals surface area contributed by atoms with Crippen LogP contribution in [0.5, 0.6) is 0 Å². The molecular formula is C18H20N4O2. The van der Waals surface area contributed by atoms with Crippen LogP contribution in [0.2, 0.25) is 0 Å². The van der Waals surface area contributed by atoms with E-state index in [0.717, 1.165) is 11.1 Å². The Balaban J connectivity index is 1.77. The summed E-state index contributed by atoms with van der Waals surface area (Å²) in [6, 6.07) is 11.2. The van der Waals surface area contributed by atoms with Crippen molar-refractivity contribution in [1.82, 2.24) is 19.5 Å². The minimum absolute atomic E-state index is 0.126. The van der Waals surface area contributed by atoms with E-state index in [2.05, 4.69) is 10.2 Å². The van der Waals surface area contributed by atoms with E-state index in [9.17, 15) is 9.90 Å². The SMILES string of the molecule is CCN(CC(O)c1ccc(C)cc1)C(=O)c1ccc2nncn2c1. The number of rotatable bonds is 5. The lowest BCUT2D eigenvalue weighted by molar-refractivity contribution is 0.0634. The second-order valence-electron chi connectivity index (χ2n) is 5.78. The number of aliphatic hydroxyl groups is 1. The lowest BCUT2D eigenvalue weighted by atomic mass is 10.1. The zero-order valence-corrected chi connectivity index (χ0v) is 13.8. The maximum Gasteiger partial charge on any atom is 0.255 e. The molecule has 1 atom stereocenters. The van der Waals surface area contributed by atoms with Gasteiger partial charge in [-0.1, -0.05) is 29.8 Å². The Morgan fingerprint density at radius 3 is 2.71 bits per heavy atom. The molecule has 3 rings (SSSR count). The van der Waals surface area contributed by atoms with Crippen LogP contribution in [0.3, 0.4) is 0 Å². The molecule has 2 aromatic heterocycles. The fourth-order valence-electron chi connectivity index (χ4n) is 2.59. The number of amides is 1. The minimum Gasteiger partial charge on any atom is -0.387 e. The van der Waals surface area contributed by atoms with Crippen molar-refractivity contribution in [2.45, 2.75) is 20.0 Å². The van der Waals surface area contributed by atoms with Crippen molar-refractivity contribution in [1.29, 1.82) is 0 Å². The first-order chi connectivity index (χ1) is 11.6. The highest BCUT2D eigenvalue weighted by atomic mass is 16.3. The number of aryl methyl sites for hydroxylation is 1. The molecule has 1 unspecified atom stereocenters. The third kappa shape index (κ3) is 3.28. The lowest BCUT2D eigenvalue weighted by Crippen LogP contribution is -2.34. The number of aromatic nitrogens is 3. The highest BCUT2D eigenvalue weighted by Gasteiger charge is 2.19. The van der Waals surface area contributed by atoms with E-state index in [1.165, 1.54) is 0 Å². The normalized spacial score (nSPS) is 12.3. The fourth-order valence-corrected chi connectivity index (χ4v) is 2.59. The number of fused-ring (bicyclic) bond motifs is 1. The quantitative estimate of drug-likeness (QED) is 0.781. The number of likely N-dealkylation sites (N-methyl/N-ethyl adjacent to an activating group) is 1. The summed E-state index contributed by atoms with van der Waals surface area (Å²) in [5.74, 6) is -0.126. The van der Waals surface area contributed by atoms with Gasteiger partial charge in [0.05, 0.1) is 18.2 Å². The number of hydrogen-bond donors (Lipinski definition) is 1. The Kier molecular flexibility index (Phi) is 4.57. The Morgan fingerprint density at radius 2 is 2.00 bits per heavy atom. The van der Waals surface area contributed by atoms with Gasteiger partial charge in [-0.15, -0.1) is 10.2 Å². The van der Waals surface area contributed by atoms with Crippen LogP contribution in [0.1, 0.15) is 34.5 Å². The predicted octanol–water partition coefficient (Wildman–Crippen LogP) is 2.23. The smallest absolute Gasteiger partial charge is 0.255 e. The maximum atomic E-state index is 12.7. The largest absolute Gasteiger partial charge is 0.387 e. The molecule has 1 aromatic carbocycles. The van der Waals surface area contributed by atoms with Gasteiger partial charge >= 0.3 is 0 Å². The van der Waals surface area contributed by atoms with Crippen molar-refractivity contribution >= 4 is 11.6 Å². The highest BCUT2D eigenvalue weighted by Crippen LogP contribution is 2.17. The Bertz CT molecular complexity index is 842. The van der Waals surface area contributed by atoms with Crippen LogP contribution in [0.25, 0.3) is 5.65 Å². The third-order valence-electron chi connectivity index (χ3n) is 4.06. The first-order valence-corrected chi connectivity index (χ1v) is 7.91. The van der Waals surface area contributed by atoms with Crippen molar-refractivity contribution in [2.75, 3.05) is 13.1 Å². The van der Waals surface area contributed by atoms with Crippen molar-refractivity contribution in [2.24, 2.45) is 0 Å². The van der Waals surface area contributed by atoms with E-state index >= 15 is 0 Å². The number of aliphatic hydroxyl groups excluding tert-OH is 1. The first kappa shape index (κ1) is 16.1. The first-order valence-electron chi connectivity index (χ1n) is 7.91. The summed E-state index contributed by atoms with van der Waals surface area (Å²) in [5, 5.41) is 18.2. The maximum absolute atomic E-state index is 12.7. The van der Waals surface area contributed by atoms with Crippen LogP contribution in [0.15, 0.2) is 48.9 Å². The van der Waals surface area contributed by atoms with Gasteiger partial charge in [-0.05, 0) is 31.5 Å². The molecule has 0 radical (unpaired) electrons. The molecule has 0 fully saturated rings. The topological polar surface area (TPSA) is 70.7 Å². The molecule has 0 aliphatic heterocycles. The number of carbonyl (C=O) groups excluding carboxylic acids is 1. The summed E-state index contributed by atoms with van der Waals surface area (Å²) in [5.41, 5.74) is 3.17. The molecule has 24 heavy (non-hydrogen) atoms. The van der Waals surface area contributed by atoms with Gasteiger partial charge in [-0.25, -0.2) is 0 Å². The van der Waals surface area contributed by atoms with Crippen molar-refractivity contribution in [3.8, 4) is 0 Å². The molecule has 124 valence electrons. The van der Waals surface area contributed by atoms with Crippen LogP contribution < -0.4 is 0 Å². The van der Waals surface area contributed by atoms with E-state index in [-0.39, 0.29) is 12.5 Å². The molecule has 0 spiro atoms. The van der Waals surface area contributed by atoms with E-state index in [0.29, 0.717) is 17.8 Å². The zero-order valence-electron chi connectivity index (χ0n) is 13.8. The van der Waals surface area contributed by atoms with Crippen LogP contribution in [-0.2, 0) is 0 Å². The Morgan fingerprint density at radius 1 is 1.25 bits per heavy atom. The molecular weight excluding hydrogens is 304 g/mol. The summed E-state index contributed by atoms with van der Waals surface area (Å²) in [6.07, 6.45) is 2.55. The van der Waals surface area contributed by atoms with Crippen molar-refractivity contribution in [3.63, 3.8) is 0 Å². The molecule has 3 aromatic rings. The van der Waals surface area contributed by atoms with E-state index in [1.807, 2.05) is 38.1 Å². The number of hydrogen-bond acceptors (Lipinski definition) is 4. The van der Waals surface area contributed by atoms with Gasteiger partial charge in [0.25, 0.3) is 5.91 Å². The summed E-state index contributed by atoms with van der Waals surface area (Å²) < 4.78 is 1.71. The summed E-state index contributed by atoms with van der Waals surface area (Å²) in [7, 11) is 0.